The van der Waals surface area contributed by atoms with E-state index in [0.29, 0.717) is 26.9 Å². The number of ketones is 1. The van der Waals surface area contributed by atoms with Gasteiger partial charge in [-0.3, -0.25) is 4.79 Å². The fourth-order valence-electron chi connectivity index (χ4n) is 1.80. The van der Waals surface area contributed by atoms with Crippen molar-refractivity contribution in [2.24, 2.45) is 0 Å². The molecule has 2 rings (SSSR count). The predicted molar refractivity (Wildman–Crippen MR) is 87.5 cm³/mol. The van der Waals surface area contributed by atoms with Crippen LogP contribution in [0.4, 0.5) is 4.39 Å². The van der Waals surface area contributed by atoms with Crippen LogP contribution in [0.5, 0.6) is 5.75 Å². The van der Waals surface area contributed by atoms with Crippen molar-refractivity contribution in [3.05, 3.63) is 62.3 Å². The van der Waals surface area contributed by atoms with Crippen molar-refractivity contribution < 1.29 is 13.9 Å². The Morgan fingerprint density at radius 2 is 1.95 bits per heavy atom. The highest BCUT2D eigenvalue weighted by molar-refractivity contribution is 9.10. The molecule has 0 aliphatic rings. The second-order valence-corrected chi connectivity index (χ2v) is 6.22. The van der Waals surface area contributed by atoms with Gasteiger partial charge in [-0.05, 0) is 58.7 Å². The number of halogens is 3. The summed E-state index contributed by atoms with van der Waals surface area (Å²) >= 11 is 6.54. The van der Waals surface area contributed by atoms with Crippen LogP contribution in [-0.2, 0) is 0 Å². The molecule has 5 heteroatoms. The molecular formula is C16H13Br2FO2. The molecule has 0 spiro atoms. The summed E-state index contributed by atoms with van der Waals surface area (Å²) in [5.74, 6) is -0.232. The third kappa shape index (κ3) is 3.92. The van der Waals surface area contributed by atoms with Gasteiger partial charge < -0.3 is 4.74 Å². The van der Waals surface area contributed by atoms with Crippen LogP contribution in [0, 0.1) is 5.82 Å². The summed E-state index contributed by atoms with van der Waals surface area (Å²) in [5, 5.41) is 0. The molecule has 110 valence electrons. The van der Waals surface area contributed by atoms with Crippen LogP contribution in [0.25, 0.3) is 0 Å². The standard InChI is InChI=1S/C16H13Br2FO2/c1-2-7-21-15-6-3-10(8-13(15)18)16(20)12-5-4-11(17)9-14(12)19/h3-6,8-9H,2,7H2,1H3. The molecule has 2 aromatic carbocycles. The van der Waals surface area contributed by atoms with Gasteiger partial charge in [0.05, 0.1) is 16.6 Å². The molecule has 0 aliphatic heterocycles. The van der Waals surface area contributed by atoms with Gasteiger partial charge in [-0.15, -0.1) is 0 Å². The van der Waals surface area contributed by atoms with Gasteiger partial charge >= 0.3 is 0 Å². The van der Waals surface area contributed by atoms with E-state index in [1.807, 2.05) is 6.92 Å². The number of rotatable bonds is 5. The Balaban J connectivity index is 2.29. The van der Waals surface area contributed by atoms with Crippen molar-refractivity contribution in [2.45, 2.75) is 13.3 Å². The van der Waals surface area contributed by atoms with Gasteiger partial charge in [0.2, 0.25) is 0 Å². The third-order valence-corrected chi connectivity index (χ3v) is 3.94. The zero-order chi connectivity index (χ0) is 15.4. The zero-order valence-electron chi connectivity index (χ0n) is 11.3. The molecule has 0 bridgehead atoms. The molecule has 2 nitrogen and oxygen atoms in total. The van der Waals surface area contributed by atoms with Gasteiger partial charge in [0, 0.05) is 10.0 Å². The van der Waals surface area contributed by atoms with E-state index in [4.69, 9.17) is 4.74 Å². The summed E-state index contributed by atoms with van der Waals surface area (Å²) in [5.41, 5.74) is 0.458. The topological polar surface area (TPSA) is 26.3 Å². The van der Waals surface area contributed by atoms with E-state index in [9.17, 15) is 9.18 Å². The Kier molecular flexibility index (Phi) is 5.53. The summed E-state index contributed by atoms with van der Waals surface area (Å²) in [6, 6.07) is 9.39. The fourth-order valence-corrected chi connectivity index (χ4v) is 2.63. The molecule has 0 N–H and O–H groups in total. The first-order valence-corrected chi connectivity index (χ1v) is 8.03. The minimum absolute atomic E-state index is 0.0485. The predicted octanol–water partition coefficient (Wildman–Crippen LogP) is 5.37. The van der Waals surface area contributed by atoms with E-state index in [1.165, 1.54) is 12.1 Å². The van der Waals surface area contributed by atoms with E-state index in [-0.39, 0.29) is 11.3 Å². The lowest BCUT2D eigenvalue weighted by molar-refractivity contribution is 0.103. The van der Waals surface area contributed by atoms with Crippen molar-refractivity contribution in [1.82, 2.24) is 0 Å². The Morgan fingerprint density at radius 1 is 1.19 bits per heavy atom. The monoisotopic (exact) mass is 414 g/mol. The van der Waals surface area contributed by atoms with Crippen molar-refractivity contribution in [1.29, 1.82) is 0 Å². The lowest BCUT2D eigenvalue weighted by atomic mass is 10.0. The van der Waals surface area contributed by atoms with Gasteiger partial charge in [-0.1, -0.05) is 22.9 Å². The first kappa shape index (κ1) is 16.2. The lowest BCUT2D eigenvalue weighted by Crippen LogP contribution is -2.05. The van der Waals surface area contributed by atoms with Gasteiger partial charge in [0.1, 0.15) is 11.6 Å². The van der Waals surface area contributed by atoms with Gasteiger partial charge in [-0.2, -0.15) is 0 Å². The second-order valence-electron chi connectivity index (χ2n) is 4.45. The van der Waals surface area contributed by atoms with Crippen molar-refractivity contribution in [2.75, 3.05) is 6.61 Å². The minimum atomic E-state index is -0.545. The Labute approximate surface area is 139 Å². The molecule has 0 saturated heterocycles. The normalized spacial score (nSPS) is 10.5. The largest absolute Gasteiger partial charge is 0.492 e. The van der Waals surface area contributed by atoms with E-state index < -0.39 is 5.82 Å². The Hall–Kier alpha value is -1.20. The molecule has 2 aromatic rings. The SMILES string of the molecule is CCCOc1ccc(C(=O)c2ccc(Br)cc2F)cc1Br. The highest BCUT2D eigenvalue weighted by atomic mass is 79.9. The van der Waals surface area contributed by atoms with Crippen LogP contribution in [-0.4, -0.2) is 12.4 Å². The van der Waals surface area contributed by atoms with Crippen LogP contribution in [0.3, 0.4) is 0 Å². The fraction of sp³-hybridized carbons (Fsp3) is 0.188. The average molecular weight is 416 g/mol. The molecule has 0 saturated carbocycles. The maximum Gasteiger partial charge on any atom is 0.196 e. The first-order valence-electron chi connectivity index (χ1n) is 6.45. The summed E-state index contributed by atoms with van der Waals surface area (Å²) in [4.78, 5) is 12.3. The number of hydrogen-bond donors (Lipinski definition) is 0. The second kappa shape index (κ2) is 7.18. The van der Waals surface area contributed by atoms with Crippen molar-refractivity contribution in [3.8, 4) is 5.75 Å². The third-order valence-electron chi connectivity index (χ3n) is 2.83. The van der Waals surface area contributed by atoms with Crippen molar-refractivity contribution in [3.63, 3.8) is 0 Å². The number of benzene rings is 2. The molecule has 0 aromatic heterocycles. The van der Waals surface area contributed by atoms with E-state index >= 15 is 0 Å². The van der Waals surface area contributed by atoms with E-state index in [1.54, 1.807) is 24.3 Å². The number of carbonyl (C=O) groups excluding carboxylic acids is 1. The molecule has 0 unspecified atom stereocenters. The van der Waals surface area contributed by atoms with Gasteiger partial charge in [0.25, 0.3) is 0 Å². The average Bonchev–Trinajstić information content (AvgIpc) is 2.45. The molecule has 0 aliphatic carbocycles. The number of ether oxygens (including phenoxy) is 1. The molecular weight excluding hydrogens is 403 g/mol. The zero-order valence-corrected chi connectivity index (χ0v) is 14.5. The summed E-state index contributed by atoms with van der Waals surface area (Å²) in [7, 11) is 0. The van der Waals surface area contributed by atoms with Crippen LogP contribution in [0.15, 0.2) is 45.3 Å². The van der Waals surface area contributed by atoms with Crippen LogP contribution >= 0.6 is 31.9 Å². The quantitative estimate of drug-likeness (QED) is 0.613. The first-order chi connectivity index (χ1) is 10.0. The molecule has 0 atom stereocenters. The van der Waals surface area contributed by atoms with E-state index in [2.05, 4.69) is 31.9 Å². The maximum atomic E-state index is 13.8. The Bertz CT molecular complexity index is 671. The highest BCUT2D eigenvalue weighted by Crippen LogP contribution is 2.28. The highest BCUT2D eigenvalue weighted by Gasteiger charge is 2.15. The Morgan fingerprint density at radius 3 is 2.57 bits per heavy atom. The van der Waals surface area contributed by atoms with Gasteiger partial charge in [-0.25, -0.2) is 4.39 Å². The lowest BCUT2D eigenvalue weighted by Gasteiger charge is -2.09. The van der Waals surface area contributed by atoms with Gasteiger partial charge in [0.15, 0.2) is 5.78 Å². The summed E-state index contributed by atoms with van der Waals surface area (Å²) < 4.78 is 20.7. The minimum Gasteiger partial charge on any atom is -0.492 e. The van der Waals surface area contributed by atoms with Crippen LogP contribution < -0.4 is 4.74 Å². The van der Waals surface area contributed by atoms with Crippen LogP contribution in [0.1, 0.15) is 29.3 Å². The molecule has 21 heavy (non-hydrogen) atoms. The van der Waals surface area contributed by atoms with Crippen molar-refractivity contribution >= 4 is 37.6 Å². The molecule has 0 radical (unpaired) electrons. The maximum absolute atomic E-state index is 13.8. The van der Waals surface area contributed by atoms with E-state index in [0.717, 1.165) is 6.42 Å². The van der Waals surface area contributed by atoms with Crippen LogP contribution in [0.2, 0.25) is 0 Å². The number of hydrogen-bond acceptors (Lipinski definition) is 2. The molecule has 0 heterocycles. The molecule has 0 fully saturated rings. The number of carbonyl (C=O) groups is 1. The smallest absolute Gasteiger partial charge is 0.196 e. The summed E-state index contributed by atoms with van der Waals surface area (Å²) in [6.45, 7) is 2.62. The molecule has 0 amide bonds. The summed E-state index contributed by atoms with van der Waals surface area (Å²) in [6.07, 6.45) is 0.900.